The number of ether oxygens (including phenoxy) is 3. The maximum atomic E-state index is 14.9. The van der Waals surface area contributed by atoms with Crippen molar-refractivity contribution in [3.8, 4) is 22.9 Å². The summed E-state index contributed by atoms with van der Waals surface area (Å²) in [6.07, 6.45) is 4.53. The first kappa shape index (κ1) is 29.2. The average molecular weight is 647 g/mol. The zero-order chi connectivity index (χ0) is 31.4. The number of benzene rings is 2. The van der Waals surface area contributed by atoms with Crippen LogP contribution in [0.4, 0.5) is 4.39 Å². The van der Waals surface area contributed by atoms with Crippen LogP contribution in [-0.4, -0.2) is 55.9 Å². The van der Waals surface area contributed by atoms with Crippen LogP contribution in [0.3, 0.4) is 0 Å². The topological polar surface area (TPSA) is 121 Å². The molecule has 5 aromatic rings. The summed E-state index contributed by atoms with van der Waals surface area (Å²) in [6.45, 7) is 6.41. The molecule has 3 aliphatic rings. The number of piperidine rings is 1. The molecule has 2 aromatic carbocycles. The average Bonchev–Trinajstić information content (AvgIpc) is 3.84. The van der Waals surface area contributed by atoms with E-state index in [0.717, 1.165) is 74.7 Å². The van der Waals surface area contributed by atoms with Crippen LogP contribution in [0, 0.1) is 11.7 Å². The van der Waals surface area contributed by atoms with Gasteiger partial charge in [0.15, 0.2) is 23.0 Å². The first-order valence-electron chi connectivity index (χ1n) is 15.5. The van der Waals surface area contributed by atoms with Crippen LogP contribution in [0.15, 0.2) is 58.0 Å². The van der Waals surface area contributed by atoms with Crippen molar-refractivity contribution in [1.29, 1.82) is 0 Å². The molecule has 1 unspecified atom stereocenters. The van der Waals surface area contributed by atoms with Gasteiger partial charge in [-0.15, -0.1) is 0 Å². The van der Waals surface area contributed by atoms with Gasteiger partial charge in [0, 0.05) is 48.3 Å². The van der Waals surface area contributed by atoms with E-state index in [1.54, 1.807) is 25.3 Å². The minimum absolute atomic E-state index is 0.260. The lowest BCUT2D eigenvalue weighted by molar-refractivity contribution is -0.0712. The van der Waals surface area contributed by atoms with E-state index in [1.165, 1.54) is 6.07 Å². The lowest BCUT2D eigenvalue weighted by atomic mass is 9.88. The second-order valence-corrected chi connectivity index (χ2v) is 12.8. The number of para-hydroxylation sites is 1. The third kappa shape index (κ3) is 5.33. The van der Waals surface area contributed by atoms with Crippen LogP contribution in [0.2, 0.25) is 5.02 Å². The van der Waals surface area contributed by atoms with Gasteiger partial charge in [-0.2, -0.15) is 0 Å². The highest BCUT2D eigenvalue weighted by Crippen LogP contribution is 2.50. The highest BCUT2D eigenvalue weighted by atomic mass is 35.5. The molecule has 8 rings (SSSR count). The van der Waals surface area contributed by atoms with Gasteiger partial charge in [-0.05, 0) is 68.6 Å². The van der Waals surface area contributed by atoms with Crippen molar-refractivity contribution in [3.05, 3.63) is 87.0 Å². The van der Waals surface area contributed by atoms with Gasteiger partial charge >= 0.3 is 5.76 Å². The number of H-pyrrole nitrogens is 1. The number of hydrogen-bond donors (Lipinski definition) is 1. The Morgan fingerprint density at radius 3 is 2.76 bits per heavy atom. The van der Waals surface area contributed by atoms with Crippen molar-refractivity contribution in [2.45, 2.75) is 51.0 Å². The van der Waals surface area contributed by atoms with Crippen LogP contribution >= 0.6 is 11.6 Å². The molecule has 1 N–H and O–H groups in total. The molecule has 0 amide bonds. The number of aromatic nitrogens is 5. The number of halogens is 2. The summed E-state index contributed by atoms with van der Waals surface area (Å²) < 4.78 is 40.0. The second kappa shape index (κ2) is 11.5. The summed E-state index contributed by atoms with van der Waals surface area (Å²) in [7, 11) is 0. The SMILES string of the molecule is CC1(c2ccc(Cl)cc2F)Oc2cccc(C3CCN(Cc4nc5cc(-c6noc(=O)[nH]6)cnc5n4C[C@@H]4CCOC4)CC3)c2O1. The number of aromatic amines is 1. The lowest BCUT2D eigenvalue weighted by Crippen LogP contribution is -2.34. The summed E-state index contributed by atoms with van der Waals surface area (Å²) in [5.74, 6) is 0.836. The Morgan fingerprint density at radius 1 is 1.13 bits per heavy atom. The summed E-state index contributed by atoms with van der Waals surface area (Å²) in [6, 6.07) is 12.3. The van der Waals surface area contributed by atoms with Crippen LogP contribution < -0.4 is 15.2 Å². The molecular formula is C33H32ClFN6O5. The van der Waals surface area contributed by atoms with Crippen LogP contribution in [0.5, 0.6) is 11.5 Å². The van der Waals surface area contributed by atoms with Crippen LogP contribution in [0.25, 0.3) is 22.6 Å². The van der Waals surface area contributed by atoms with Crippen molar-refractivity contribution in [2.24, 2.45) is 5.92 Å². The molecule has 6 heterocycles. The van der Waals surface area contributed by atoms with Crippen LogP contribution in [0.1, 0.15) is 49.1 Å². The molecule has 2 atom stereocenters. The smallest absolute Gasteiger partial charge is 0.439 e. The number of fused-ring (bicyclic) bond motifs is 2. The standard InChI is InChI=1S/C33H32ClFN6O5/c1-33(24-6-5-22(34)14-25(24)35)44-27-4-2-3-23(29(27)45-33)20-7-10-40(11-8-20)17-28-37-26-13-21(30-38-32(42)46-39-30)15-36-31(26)41(28)16-19-9-12-43-18-19/h2-6,13-15,19-20H,7-12,16-18H2,1H3,(H,38,39,42)/t19-,33?/m0/s1. The highest BCUT2D eigenvalue weighted by molar-refractivity contribution is 6.30. The molecule has 0 radical (unpaired) electrons. The van der Waals surface area contributed by atoms with Crippen LogP contribution in [-0.2, 0) is 23.6 Å². The fraction of sp³-hybridized carbons (Fsp3) is 0.394. The van der Waals surface area contributed by atoms with E-state index in [4.69, 9.17) is 35.8 Å². The normalized spacial score (nSPS) is 21.8. The quantitative estimate of drug-likeness (QED) is 0.240. The number of nitrogens with one attached hydrogen (secondary N) is 1. The number of pyridine rings is 1. The molecule has 0 spiro atoms. The van der Waals surface area contributed by atoms with Crippen molar-refractivity contribution >= 4 is 22.8 Å². The molecular weight excluding hydrogens is 615 g/mol. The molecule has 2 saturated heterocycles. The molecule has 2 fully saturated rings. The molecule has 3 aromatic heterocycles. The Kier molecular flexibility index (Phi) is 7.30. The molecule has 3 aliphatic heterocycles. The fourth-order valence-corrected chi connectivity index (χ4v) is 7.04. The predicted octanol–water partition coefficient (Wildman–Crippen LogP) is 5.63. The number of hydrogen-bond acceptors (Lipinski definition) is 9. The maximum absolute atomic E-state index is 14.9. The number of likely N-dealkylation sites (tertiary alicyclic amines) is 1. The third-order valence-corrected chi connectivity index (χ3v) is 9.50. The lowest BCUT2D eigenvalue weighted by Gasteiger charge is -2.32. The first-order valence-corrected chi connectivity index (χ1v) is 15.9. The molecule has 0 saturated carbocycles. The Morgan fingerprint density at radius 2 is 2.00 bits per heavy atom. The second-order valence-electron chi connectivity index (χ2n) is 12.4. The van der Waals surface area contributed by atoms with E-state index in [0.29, 0.717) is 45.9 Å². The largest absolute Gasteiger partial charge is 0.444 e. The van der Waals surface area contributed by atoms with Crippen molar-refractivity contribution in [1.82, 2.24) is 29.6 Å². The van der Waals surface area contributed by atoms with Gasteiger partial charge in [0.05, 0.1) is 18.7 Å². The number of nitrogens with zero attached hydrogens (tertiary/aromatic N) is 5. The Hall–Kier alpha value is -4.26. The van der Waals surface area contributed by atoms with E-state index >= 15 is 0 Å². The summed E-state index contributed by atoms with van der Waals surface area (Å²) in [4.78, 5) is 26.3. The molecule has 0 aliphatic carbocycles. The van der Waals surface area contributed by atoms with E-state index in [9.17, 15) is 9.18 Å². The monoisotopic (exact) mass is 646 g/mol. The van der Waals surface area contributed by atoms with E-state index < -0.39 is 17.4 Å². The van der Waals surface area contributed by atoms with E-state index in [2.05, 4.69) is 30.2 Å². The van der Waals surface area contributed by atoms with E-state index in [1.807, 2.05) is 18.2 Å². The molecule has 46 heavy (non-hydrogen) atoms. The van der Waals surface area contributed by atoms with E-state index in [-0.39, 0.29) is 5.92 Å². The summed E-state index contributed by atoms with van der Waals surface area (Å²) in [5.41, 5.74) is 3.55. The zero-order valence-electron chi connectivity index (χ0n) is 25.2. The molecule has 11 nitrogen and oxygen atoms in total. The van der Waals surface area contributed by atoms with Crippen molar-refractivity contribution < 1.29 is 23.1 Å². The fourth-order valence-electron chi connectivity index (χ4n) is 6.88. The molecule has 238 valence electrons. The summed E-state index contributed by atoms with van der Waals surface area (Å²) >= 11 is 5.99. The first-order chi connectivity index (χ1) is 22.3. The van der Waals surface area contributed by atoms with Gasteiger partial charge in [-0.25, -0.2) is 19.2 Å². The Bertz CT molecular complexity index is 1980. The molecule has 0 bridgehead atoms. The number of imidazole rings is 1. The van der Waals surface area contributed by atoms with Crippen molar-refractivity contribution in [2.75, 3.05) is 26.3 Å². The Labute approximate surface area is 268 Å². The zero-order valence-corrected chi connectivity index (χ0v) is 25.9. The summed E-state index contributed by atoms with van der Waals surface area (Å²) in [5, 5.41) is 4.12. The van der Waals surface area contributed by atoms with Gasteiger partial charge in [0.2, 0.25) is 0 Å². The molecule has 13 heteroatoms. The van der Waals surface area contributed by atoms with Gasteiger partial charge in [-0.1, -0.05) is 28.9 Å². The van der Waals surface area contributed by atoms with Gasteiger partial charge in [-0.3, -0.25) is 14.4 Å². The highest BCUT2D eigenvalue weighted by Gasteiger charge is 2.43. The maximum Gasteiger partial charge on any atom is 0.439 e. The number of rotatable bonds is 7. The van der Waals surface area contributed by atoms with Crippen molar-refractivity contribution in [3.63, 3.8) is 0 Å². The minimum atomic E-state index is -1.28. The Balaban J connectivity index is 1.01. The van der Waals surface area contributed by atoms with Gasteiger partial charge in [0.25, 0.3) is 5.79 Å². The van der Waals surface area contributed by atoms with Gasteiger partial charge < -0.3 is 18.8 Å². The third-order valence-electron chi connectivity index (χ3n) is 9.27. The predicted molar refractivity (Wildman–Crippen MR) is 166 cm³/mol. The van der Waals surface area contributed by atoms with Gasteiger partial charge in [0.1, 0.15) is 17.2 Å². The minimum Gasteiger partial charge on any atom is -0.444 e.